The second-order valence-corrected chi connectivity index (χ2v) is 3.53. The van der Waals surface area contributed by atoms with Crippen LogP contribution in [0.1, 0.15) is 26.7 Å². The van der Waals surface area contributed by atoms with Gasteiger partial charge in [-0.3, -0.25) is 0 Å². The van der Waals surface area contributed by atoms with E-state index in [4.69, 9.17) is 0 Å². The van der Waals surface area contributed by atoms with Gasteiger partial charge in [-0.15, -0.1) is 11.8 Å². The van der Waals surface area contributed by atoms with Crippen molar-refractivity contribution in [2.75, 3.05) is 5.75 Å². The molecule has 58 valence electrons. The van der Waals surface area contributed by atoms with Gasteiger partial charge in [-0.05, 0) is 12.8 Å². The topological polar surface area (TPSA) is 32.6 Å². The first-order valence-corrected chi connectivity index (χ1v) is 4.62. The van der Waals surface area contributed by atoms with Gasteiger partial charge in [0.15, 0.2) is 5.72 Å². The van der Waals surface area contributed by atoms with Crippen LogP contribution in [0.2, 0.25) is 0 Å². The average Bonchev–Trinajstić information content (AvgIpc) is 2.33. The standard InChI is InChI=1S/C7H13NOS/c1-3-6-8-7(9,4-2)5-10-6/h9H,3-5H2,1-2H3. The van der Waals surface area contributed by atoms with E-state index >= 15 is 0 Å². The highest BCUT2D eigenvalue weighted by molar-refractivity contribution is 8.14. The fraction of sp³-hybridized carbons (Fsp3) is 0.857. The number of hydrogen-bond acceptors (Lipinski definition) is 3. The van der Waals surface area contributed by atoms with Crippen molar-refractivity contribution in [2.24, 2.45) is 4.99 Å². The summed E-state index contributed by atoms with van der Waals surface area (Å²) in [5.74, 6) is 0.743. The van der Waals surface area contributed by atoms with Gasteiger partial charge in [0, 0.05) is 5.75 Å². The molecule has 0 aromatic carbocycles. The molecular formula is C7H13NOS. The van der Waals surface area contributed by atoms with Crippen molar-refractivity contribution in [2.45, 2.75) is 32.4 Å². The van der Waals surface area contributed by atoms with Gasteiger partial charge >= 0.3 is 0 Å². The molecule has 0 aromatic rings. The minimum atomic E-state index is -0.740. The molecule has 1 atom stereocenters. The first-order chi connectivity index (χ1) is 4.70. The lowest BCUT2D eigenvalue weighted by Gasteiger charge is -2.14. The molecule has 0 radical (unpaired) electrons. The molecule has 1 heterocycles. The predicted molar refractivity (Wildman–Crippen MR) is 45.4 cm³/mol. The molecule has 0 amide bonds. The highest BCUT2D eigenvalue weighted by atomic mass is 32.2. The fourth-order valence-electron chi connectivity index (χ4n) is 0.858. The van der Waals surface area contributed by atoms with E-state index in [1.54, 1.807) is 11.8 Å². The summed E-state index contributed by atoms with van der Waals surface area (Å²) in [5.41, 5.74) is -0.740. The summed E-state index contributed by atoms with van der Waals surface area (Å²) in [7, 11) is 0. The molecular weight excluding hydrogens is 146 g/mol. The largest absolute Gasteiger partial charge is 0.368 e. The maximum atomic E-state index is 9.59. The Morgan fingerprint density at radius 3 is 2.70 bits per heavy atom. The third-order valence-electron chi connectivity index (χ3n) is 1.67. The normalized spacial score (nSPS) is 32.5. The SMILES string of the molecule is CCC1=NC(O)(CC)CS1. The lowest BCUT2D eigenvalue weighted by Crippen LogP contribution is -2.24. The van der Waals surface area contributed by atoms with E-state index in [0.717, 1.165) is 23.6 Å². The van der Waals surface area contributed by atoms with E-state index < -0.39 is 5.72 Å². The third-order valence-corrected chi connectivity index (χ3v) is 2.99. The zero-order valence-electron chi connectivity index (χ0n) is 6.42. The molecule has 2 nitrogen and oxygen atoms in total. The van der Waals surface area contributed by atoms with Crippen molar-refractivity contribution in [1.29, 1.82) is 0 Å². The molecule has 0 saturated carbocycles. The second-order valence-electron chi connectivity index (χ2n) is 2.48. The maximum absolute atomic E-state index is 9.59. The van der Waals surface area contributed by atoms with Crippen LogP contribution >= 0.6 is 11.8 Å². The molecule has 3 heteroatoms. The van der Waals surface area contributed by atoms with E-state index in [2.05, 4.69) is 11.9 Å². The Morgan fingerprint density at radius 2 is 2.40 bits per heavy atom. The molecule has 0 fully saturated rings. The van der Waals surface area contributed by atoms with Gasteiger partial charge in [0.2, 0.25) is 0 Å². The Labute approximate surface area is 65.7 Å². The van der Waals surface area contributed by atoms with Crippen LogP contribution in [0.15, 0.2) is 4.99 Å². The smallest absolute Gasteiger partial charge is 0.165 e. The Hall–Kier alpha value is -0.0200. The predicted octanol–water partition coefficient (Wildman–Crippen LogP) is 1.64. The summed E-state index contributed by atoms with van der Waals surface area (Å²) in [5, 5.41) is 10.7. The van der Waals surface area contributed by atoms with Gasteiger partial charge in [-0.25, -0.2) is 4.99 Å². The quantitative estimate of drug-likeness (QED) is 0.664. The van der Waals surface area contributed by atoms with E-state index in [1.807, 2.05) is 6.92 Å². The first kappa shape index (κ1) is 8.08. The van der Waals surface area contributed by atoms with Crippen molar-refractivity contribution >= 4 is 16.8 Å². The van der Waals surface area contributed by atoms with E-state index in [9.17, 15) is 5.11 Å². The summed E-state index contributed by atoms with van der Waals surface area (Å²) in [6.07, 6.45) is 1.68. The summed E-state index contributed by atoms with van der Waals surface area (Å²) in [6.45, 7) is 4.02. The van der Waals surface area contributed by atoms with Crippen molar-refractivity contribution in [3.63, 3.8) is 0 Å². The summed E-state index contributed by atoms with van der Waals surface area (Å²) >= 11 is 1.67. The molecule has 0 aromatic heterocycles. The molecule has 1 N–H and O–H groups in total. The van der Waals surface area contributed by atoms with E-state index in [1.165, 1.54) is 0 Å². The fourth-order valence-corrected chi connectivity index (χ4v) is 1.96. The summed E-state index contributed by atoms with van der Waals surface area (Å²) < 4.78 is 0. The van der Waals surface area contributed by atoms with Gasteiger partial charge < -0.3 is 5.11 Å². The van der Waals surface area contributed by atoms with Crippen LogP contribution in [0.4, 0.5) is 0 Å². The number of aliphatic hydroxyl groups is 1. The molecule has 1 aliphatic rings. The Kier molecular flexibility index (Phi) is 2.36. The Bertz CT molecular complexity index is 158. The zero-order valence-corrected chi connectivity index (χ0v) is 7.24. The van der Waals surface area contributed by atoms with Crippen LogP contribution in [0.5, 0.6) is 0 Å². The van der Waals surface area contributed by atoms with Crippen molar-refractivity contribution < 1.29 is 5.11 Å². The third kappa shape index (κ3) is 1.52. The van der Waals surface area contributed by atoms with Crippen LogP contribution < -0.4 is 0 Å². The minimum Gasteiger partial charge on any atom is -0.368 e. The van der Waals surface area contributed by atoms with Crippen LogP contribution in [0.3, 0.4) is 0 Å². The van der Waals surface area contributed by atoms with Gasteiger partial charge in [-0.1, -0.05) is 13.8 Å². The minimum absolute atomic E-state index is 0.726. The molecule has 1 unspecified atom stereocenters. The van der Waals surface area contributed by atoms with Gasteiger partial charge in [0.05, 0.1) is 5.04 Å². The molecule has 1 aliphatic heterocycles. The van der Waals surface area contributed by atoms with Crippen molar-refractivity contribution in [3.05, 3.63) is 0 Å². The van der Waals surface area contributed by atoms with Crippen LogP contribution in [0.25, 0.3) is 0 Å². The van der Waals surface area contributed by atoms with Crippen LogP contribution in [0, 0.1) is 0 Å². The lowest BCUT2D eigenvalue weighted by atomic mass is 10.2. The van der Waals surface area contributed by atoms with Crippen LogP contribution in [-0.2, 0) is 0 Å². The van der Waals surface area contributed by atoms with Crippen LogP contribution in [-0.4, -0.2) is 21.6 Å². The second kappa shape index (κ2) is 2.93. The van der Waals surface area contributed by atoms with Crippen molar-refractivity contribution in [1.82, 2.24) is 0 Å². The van der Waals surface area contributed by atoms with E-state index in [0.29, 0.717) is 0 Å². The average molecular weight is 159 g/mol. The summed E-state index contributed by atoms with van der Waals surface area (Å²) in [6, 6.07) is 0. The number of hydrogen-bond donors (Lipinski definition) is 1. The maximum Gasteiger partial charge on any atom is 0.165 e. The highest BCUT2D eigenvalue weighted by Gasteiger charge is 2.29. The molecule has 0 spiro atoms. The molecule has 1 rings (SSSR count). The number of aliphatic imine (C=N–C) groups is 1. The van der Waals surface area contributed by atoms with Gasteiger partial charge in [-0.2, -0.15) is 0 Å². The van der Waals surface area contributed by atoms with Crippen molar-refractivity contribution in [3.8, 4) is 0 Å². The lowest BCUT2D eigenvalue weighted by molar-refractivity contribution is 0.0737. The molecule has 0 aliphatic carbocycles. The molecule has 10 heavy (non-hydrogen) atoms. The monoisotopic (exact) mass is 159 g/mol. The van der Waals surface area contributed by atoms with Gasteiger partial charge in [0.1, 0.15) is 0 Å². The highest BCUT2D eigenvalue weighted by Crippen LogP contribution is 2.29. The van der Waals surface area contributed by atoms with E-state index in [-0.39, 0.29) is 0 Å². The zero-order chi connectivity index (χ0) is 7.61. The molecule has 0 saturated heterocycles. The Balaban J connectivity index is 2.61. The number of rotatable bonds is 2. The Morgan fingerprint density at radius 1 is 1.70 bits per heavy atom. The first-order valence-electron chi connectivity index (χ1n) is 3.64. The number of nitrogens with zero attached hydrogens (tertiary/aromatic N) is 1. The van der Waals surface area contributed by atoms with Gasteiger partial charge in [0.25, 0.3) is 0 Å². The number of thioether (sulfide) groups is 1. The summed E-state index contributed by atoms with van der Waals surface area (Å²) in [4.78, 5) is 4.19. The molecule has 0 bridgehead atoms.